The summed E-state index contributed by atoms with van der Waals surface area (Å²) in [4.78, 5) is 0. The summed E-state index contributed by atoms with van der Waals surface area (Å²) < 4.78 is 0. The van der Waals surface area contributed by atoms with Crippen molar-refractivity contribution >= 4 is 0 Å². The van der Waals surface area contributed by atoms with Crippen LogP contribution >= 0.6 is 0 Å². The van der Waals surface area contributed by atoms with E-state index < -0.39 is 0 Å². The third-order valence-electron chi connectivity index (χ3n) is 0. The quantitative estimate of drug-likeness (QED) is 0.366. The molecule has 0 aromatic carbocycles. The van der Waals surface area contributed by atoms with Crippen molar-refractivity contribution in [3.8, 4) is 0 Å². The van der Waals surface area contributed by atoms with Gasteiger partial charge in [-0.2, -0.15) is 0 Å². The van der Waals surface area contributed by atoms with Gasteiger partial charge in [0.2, 0.25) is 0 Å². The smallest absolute Gasteiger partial charge is 0 e. The monoisotopic (exact) mass is 556 g/mol. The number of hydrogen-bond donors (Lipinski definition) is 0. The molecule has 4 heavy (non-hydrogen) atoms. The molecule has 0 bridgehead atoms. The molecule has 0 N–H and O–H groups in total. The van der Waals surface area contributed by atoms with Gasteiger partial charge in [-0.25, -0.2) is 0 Å². The van der Waals surface area contributed by atoms with Crippen LogP contribution in [0, 0.1) is 112 Å². The molecule has 0 aliphatic heterocycles. The van der Waals surface area contributed by atoms with Gasteiger partial charge in [-0.15, -0.1) is 0 Å². The minimum atomic E-state index is 0. The third kappa shape index (κ3) is 9.53. The first-order valence-corrected chi connectivity index (χ1v) is 0. The molecule has 0 aromatic heterocycles. The van der Waals surface area contributed by atoms with Crippen LogP contribution in [0.15, 0.2) is 0 Å². The molecule has 0 spiro atoms. The molecule has 0 amide bonds. The summed E-state index contributed by atoms with van der Waals surface area (Å²) in [5, 5.41) is 0. The van der Waals surface area contributed by atoms with Crippen LogP contribution in [0.4, 0.5) is 0 Å². The van der Waals surface area contributed by atoms with E-state index >= 15 is 0 Å². The zero-order chi connectivity index (χ0) is 0. The maximum Gasteiger partial charge on any atom is 0 e. The fraction of sp³-hybridized carbons (Fsp3) is 0. The van der Waals surface area contributed by atoms with Crippen molar-refractivity contribution in [2.45, 2.75) is 0 Å². The van der Waals surface area contributed by atoms with E-state index in [0.717, 1.165) is 0 Å². The fourth-order valence-corrected chi connectivity index (χ4v) is 0. The van der Waals surface area contributed by atoms with Crippen molar-refractivity contribution in [3.63, 3.8) is 0 Å². The molecule has 0 rings (SSSR count). The Hall–Kier alpha value is 4.23. The summed E-state index contributed by atoms with van der Waals surface area (Å²) in [7, 11) is 0. The normalized spacial score (nSPS) is 0. The molecule has 0 saturated heterocycles. The summed E-state index contributed by atoms with van der Waals surface area (Å²) in [6.07, 6.45) is 0. The van der Waals surface area contributed by atoms with E-state index in [9.17, 15) is 0 Å². The molecular formula is Er3Ni. The van der Waals surface area contributed by atoms with Crippen molar-refractivity contribution < 1.29 is 128 Å². The first kappa shape index (κ1) is 24.0. The van der Waals surface area contributed by atoms with Crippen molar-refractivity contribution in [2.24, 2.45) is 0 Å². The van der Waals surface area contributed by atoms with Crippen LogP contribution in [0.5, 0.6) is 0 Å². The van der Waals surface area contributed by atoms with E-state index in [4.69, 9.17) is 0 Å². The Kier molecular flexibility index (Phi) is 94.2. The maximum atomic E-state index is 0. The Morgan fingerprint density at radius 1 is 0.500 bits per heavy atom. The zero-order valence-electron chi connectivity index (χ0n) is 1.18. The summed E-state index contributed by atoms with van der Waals surface area (Å²) >= 11 is 0. The molecule has 0 heterocycles. The van der Waals surface area contributed by atoms with Crippen LogP contribution in [0.3, 0.4) is 0 Å². The van der Waals surface area contributed by atoms with Crippen LogP contribution in [-0.2, 0) is 16.5 Å². The molecule has 0 aliphatic rings. The Balaban J connectivity index is 0. The van der Waals surface area contributed by atoms with E-state index in [2.05, 4.69) is 0 Å². The number of rotatable bonds is 0. The zero-order valence-corrected chi connectivity index (χ0v) is 7.73. The van der Waals surface area contributed by atoms with Gasteiger partial charge in [-0.1, -0.05) is 0 Å². The van der Waals surface area contributed by atoms with Gasteiger partial charge in [0.25, 0.3) is 0 Å². The van der Waals surface area contributed by atoms with E-state index in [1.165, 1.54) is 0 Å². The van der Waals surface area contributed by atoms with E-state index in [1.807, 2.05) is 0 Å². The van der Waals surface area contributed by atoms with Crippen LogP contribution in [-0.4, -0.2) is 0 Å². The van der Waals surface area contributed by atoms with Crippen molar-refractivity contribution in [3.05, 3.63) is 0 Å². The molecule has 0 aromatic rings. The molecule has 4 heteroatoms. The van der Waals surface area contributed by atoms with Crippen molar-refractivity contribution in [2.75, 3.05) is 0 Å². The molecule has 0 saturated carbocycles. The SMILES string of the molecule is [Er].[Er].[Er].[Ni]. The summed E-state index contributed by atoms with van der Waals surface area (Å²) in [6.45, 7) is 0. The maximum absolute atomic E-state index is 0. The minimum absolute atomic E-state index is 0. The predicted octanol–water partition coefficient (Wildman–Crippen LogP) is -0.00250. The Labute approximate surface area is 125 Å². The van der Waals surface area contributed by atoms with Crippen LogP contribution < -0.4 is 0 Å². The van der Waals surface area contributed by atoms with E-state index in [0.29, 0.717) is 0 Å². The summed E-state index contributed by atoms with van der Waals surface area (Å²) in [5.41, 5.74) is 0. The predicted molar refractivity (Wildman–Crippen MR) is 0 cm³/mol. The largest absolute Gasteiger partial charge is 0 e. The Bertz CT molecular complexity index is 3.25. The second-order valence-electron chi connectivity index (χ2n) is 0. The molecule has 0 nitrogen and oxygen atoms in total. The molecule has 0 atom stereocenters. The Morgan fingerprint density at radius 2 is 0.500 bits per heavy atom. The number of hydrogen-bond acceptors (Lipinski definition) is 0. The minimum Gasteiger partial charge on any atom is 0 e. The first-order valence-electron chi connectivity index (χ1n) is 0. The van der Waals surface area contributed by atoms with Crippen LogP contribution in [0.25, 0.3) is 0 Å². The standard InChI is InChI=1S/3Er.Ni. The second-order valence-corrected chi connectivity index (χ2v) is 0. The van der Waals surface area contributed by atoms with Crippen LogP contribution in [0.2, 0.25) is 0 Å². The van der Waals surface area contributed by atoms with Gasteiger partial charge in [0.15, 0.2) is 0 Å². The summed E-state index contributed by atoms with van der Waals surface area (Å²) in [5.74, 6) is 0. The average molecular weight is 560 g/mol. The van der Waals surface area contributed by atoms with Crippen LogP contribution in [0.1, 0.15) is 0 Å². The third-order valence-corrected chi connectivity index (χ3v) is 0. The molecule has 46 valence electrons. The van der Waals surface area contributed by atoms with Gasteiger partial charge in [-0.3, -0.25) is 0 Å². The van der Waals surface area contributed by atoms with Gasteiger partial charge >= 0.3 is 0 Å². The fourth-order valence-electron chi connectivity index (χ4n) is 0. The van der Waals surface area contributed by atoms with Gasteiger partial charge < -0.3 is 0 Å². The first-order chi connectivity index (χ1) is 0. The van der Waals surface area contributed by atoms with Gasteiger partial charge in [0.05, 0.1) is 0 Å². The van der Waals surface area contributed by atoms with Crippen molar-refractivity contribution in [1.82, 2.24) is 0 Å². The van der Waals surface area contributed by atoms with E-state index in [1.54, 1.807) is 0 Å². The molecule has 0 fully saturated rings. The van der Waals surface area contributed by atoms with E-state index in [-0.39, 0.29) is 128 Å². The van der Waals surface area contributed by atoms with Gasteiger partial charge in [0, 0.05) is 128 Å². The van der Waals surface area contributed by atoms with Crippen molar-refractivity contribution in [1.29, 1.82) is 0 Å². The molecule has 0 unspecified atom stereocenters. The van der Waals surface area contributed by atoms with Gasteiger partial charge in [0.1, 0.15) is 0 Å². The Morgan fingerprint density at radius 3 is 0.500 bits per heavy atom. The average Bonchev–Trinajstić information content (AvgIpc) is 0. The molecule has 0 radical (unpaired) electrons. The molecule has 0 aliphatic carbocycles. The van der Waals surface area contributed by atoms with Gasteiger partial charge in [-0.05, 0) is 0 Å². The topological polar surface area (TPSA) is 0 Å². The molecular weight excluding hydrogens is 560 g/mol. The second kappa shape index (κ2) is 15.7. The summed E-state index contributed by atoms with van der Waals surface area (Å²) in [6, 6.07) is 0.